The summed E-state index contributed by atoms with van der Waals surface area (Å²) in [5, 5.41) is 6.07. The van der Waals surface area contributed by atoms with E-state index in [1.54, 1.807) is 13.0 Å². The maximum Gasteiger partial charge on any atom is 0.417 e. The zero-order valence-corrected chi connectivity index (χ0v) is 17.0. The number of hydrogen-bond acceptors (Lipinski definition) is 5. The smallest absolute Gasteiger partial charge is 0.342 e. The van der Waals surface area contributed by atoms with E-state index in [1.165, 1.54) is 11.0 Å². The van der Waals surface area contributed by atoms with Crippen molar-refractivity contribution in [2.24, 2.45) is 5.11 Å². The van der Waals surface area contributed by atoms with Crippen LogP contribution < -0.4 is 5.32 Å². The normalized spacial score (nSPS) is 17.1. The number of carbonyl (C=O) groups is 1. The van der Waals surface area contributed by atoms with E-state index in [-0.39, 0.29) is 12.1 Å². The quantitative estimate of drug-likeness (QED) is 0.606. The van der Waals surface area contributed by atoms with Crippen molar-refractivity contribution >= 4 is 23.3 Å². The van der Waals surface area contributed by atoms with E-state index in [2.05, 4.69) is 15.4 Å². The first-order valence-electron chi connectivity index (χ1n) is 9.11. The predicted molar refractivity (Wildman–Crippen MR) is 106 cm³/mol. The number of aromatic nitrogens is 1. The largest absolute Gasteiger partial charge is 0.417 e. The molecule has 1 atom stereocenters. The standard InChI is InChI=1S/C20H19ClF3N5O/c1-11-5-3-8-16(26-11)27-15-9-10-29(12(2)18(15)28-25)19(30)13-6-4-7-14(17(13)21)20(22,23)24/h3-8,12,25H,9-10H2,1-2H3,(H,26,27)/t12-/m0/s1. The Kier molecular flexibility index (Phi) is 6.12. The molecule has 2 aromatic rings. The van der Waals surface area contributed by atoms with Crippen molar-refractivity contribution in [2.45, 2.75) is 32.5 Å². The number of pyridine rings is 1. The van der Waals surface area contributed by atoms with Gasteiger partial charge in [0.05, 0.1) is 22.2 Å². The number of aryl methyl sites for hydroxylation is 1. The third-order valence-electron chi connectivity index (χ3n) is 4.86. The molecule has 0 saturated carbocycles. The van der Waals surface area contributed by atoms with E-state index in [1.807, 2.05) is 19.1 Å². The minimum atomic E-state index is -4.67. The van der Waals surface area contributed by atoms with Crippen molar-refractivity contribution in [3.8, 4) is 0 Å². The number of halogens is 4. The number of nitrogens with zero attached hydrogens (tertiary/aromatic N) is 3. The Labute approximate surface area is 176 Å². The minimum Gasteiger partial charge on any atom is -0.342 e. The lowest BCUT2D eigenvalue weighted by molar-refractivity contribution is -0.137. The summed E-state index contributed by atoms with van der Waals surface area (Å²) in [7, 11) is 0. The highest BCUT2D eigenvalue weighted by molar-refractivity contribution is 6.34. The average molecular weight is 438 g/mol. The highest BCUT2D eigenvalue weighted by atomic mass is 35.5. The third-order valence-corrected chi connectivity index (χ3v) is 5.27. The van der Waals surface area contributed by atoms with Gasteiger partial charge in [0.15, 0.2) is 0 Å². The van der Waals surface area contributed by atoms with Gasteiger partial charge in [0.2, 0.25) is 0 Å². The van der Waals surface area contributed by atoms with Crippen molar-refractivity contribution in [3.63, 3.8) is 0 Å². The molecular weight excluding hydrogens is 419 g/mol. The van der Waals surface area contributed by atoms with Crippen molar-refractivity contribution < 1.29 is 18.0 Å². The van der Waals surface area contributed by atoms with E-state index in [0.717, 1.165) is 17.8 Å². The number of hydrogen-bond donors (Lipinski definition) is 2. The van der Waals surface area contributed by atoms with Crippen LogP contribution in [-0.2, 0) is 6.18 Å². The first kappa shape index (κ1) is 21.8. The Morgan fingerprint density at radius 2 is 2.00 bits per heavy atom. The third kappa shape index (κ3) is 4.30. The zero-order chi connectivity index (χ0) is 22.1. The van der Waals surface area contributed by atoms with Gasteiger partial charge in [0.1, 0.15) is 11.5 Å². The van der Waals surface area contributed by atoms with Gasteiger partial charge in [0.25, 0.3) is 5.91 Å². The Bertz CT molecular complexity index is 1020. The van der Waals surface area contributed by atoms with E-state index in [0.29, 0.717) is 23.6 Å². The van der Waals surface area contributed by atoms with Crippen LogP contribution in [0.2, 0.25) is 5.02 Å². The number of nitrogens with one attached hydrogen (secondary N) is 2. The molecule has 30 heavy (non-hydrogen) atoms. The molecule has 158 valence electrons. The topological polar surface area (TPSA) is 81.4 Å². The molecule has 0 aliphatic carbocycles. The molecule has 1 aromatic carbocycles. The molecule has 1 aliphatic rings. The molecule has 1 amide bonds. The molecule has 1 aliphatic heterocycles. The van der Waals surface area contributed by atoms with Gasteiger partial charge in [-0.3, -0.25) is 4.79 Å². The van der Waals surface area contributed by atoms with Crippen LogP contribution in [0.3, 0.4) is 0 Å². The Morgan fingerprint density at radius 1 is 1.30 bits per heavy atom. The Morgan fingerprint density at radius 3 is 2.63 bits per heavy atom. The van der Waals surface area contributed by atoms with Crippen LogP contribution in [0, 0.1) is 12.5 Å². The molecule has 0 bridgehead atoms. The second kappa shape index (κ2) is 8.43. The molecule has 0 spiro atoms. The first-order valence-corrected chi connectivity index (χ1v) is 9.49. The minimum absolute atomic E-state index is 0.222. The summed E-state index contributed by atoms with van der Waals surface area (Å²) in [5.41, 5.74) is 8.01. The van der Waals surface area contributed by atoms with Crippen LogP contribution >= 0.6 is 11.6 Å². The van der Waals surface area contributed by atoms with Gasteiger partial charge in [0, 0.05) is 24.4 Å². The van der Waals surface area contributed by atoms with Crippen LogP contribution in [0.15, 0.2) is 52.9 Å². The van der Waals surface area contributed by atoms with Crippen LogP contribution in [-0.4, -0.2) is 28.4 Å². The van der Waals surface area contributed by atoms with Gasteiger partial charge in [-0.2, -0.15) is 18.3 Å². The number of carbonyl (C=O) groups excluding carboxylic acids is 1. The van der Waals surface area contributed by atoms with E-state index in [4.69, 9.17) is 17.1 Å². The van der Waals surface area contributed by atoms with Gasteiger partial charge in [-0.15, -0.1) is 0 Å². The fourth-order valence-corrected chi connectivity index (χ4v) is 3.67. The lowest BCUT2D eigenvalue weighted by Crippen LogP contribution is -2.44. The van der Waals surface area contributed by atoms with Gasteiger partial charge in [-0.1, -0.05) is 23.7 Å². The summed E-state index contributed by atoms with van der Waals surface area (Å²) in [4.78, 5) is 18.7. The second-order valence-electron chi connectivity index (χ2n) is 6.85. The maximum absolute atomic E-state index is 13.1. The van der Waals surface area contributed by atoms with E-state index >= 15 is 0 Å². The molecule has 2 N–H and O–H groups in total. The summed E-state index contributed by atoms with van der Waals surface area (Å²) >= 11 is 5.92. The zero-order valence-electron chi connectivity index (χ0n) is 16.2. The number of benzene rings is 1. The van der Waals surface area contributed by atoms with E-state index in [9.17, 15) is 18.0 Å². The van der Waals surface area contributed by atoms with Gasteiger partial charge in [-0.05, 0) is 38.1 Å². The molecule has 0 unspecified atom stereocenters. The number of alkyl halides is 3. The van der Waals surface area contributed by atoms with Crippen molar-refractivity contribution in [3.05, 3.63) is 69.6 Å². The number of rotatable bonds is 4. The summed E-state index contributed by atoms with van der Waals surface area (Å²) < 4.78 is 39.4. The SMILES string of the molecule is Cc1cccc(NC2=C(N=N)[C@H](C)N(C(=O)c3cccc(C(F)(F)F)c3Cl)CC2)n1. The average Bonchev–Trinajstić information content (AvgIpc) is 2.67. The molecular formula is C20H19ClF3N5O. The molecule has 10 heteroatoms. The Hall–Kier alpha value is -2.94. The number of amides is 1. The lowest BCUT2D eigenvalue weighted by atomic mass is 10.0. The second-order valence-corrected chi connectivity index (χ2v) is 7.23. The first-order chi connectivity index (χ1) is 14.1. The maximum atomic E-state index is 13.1. The fraction of sp³-hybridized carbons (Fsp3) is 0.300. The molecule has 0 saturated heterocycles. The van der Waals surface area contributed by atoms with Gasteiger partial charge >= 0.3 is 6.18 Å². The summed E-state index contributed by atoms with van der Waals surface area (Å²) in [6, 6.07) is 8.06. The molecule has 3 rings (SSSR count). The van der Waals surface area contributed by atoms with Crippen molar-refractivity contribution in [1.29, 1.82) is 5.53 Å². The van der Waals surface area contributed by atoms with Crippen molar-refractivity contribution in [2.75, 3.05) is 11.9 Å². The molecule has 2 heterocycles. The van der Waals surface area contributed by atoms with Crippen molar-refractivity contribution in [1.82, 2.24) is 9.88 Å². The Balaban J connectivity index is 1.90. The monoisotopic (exact) mass is 437 g/mol. The summed E-state index contributed by atoms with van der Waals surface area (Å²) in [6.07, 6.45) is -4.33. The van der Waals surface area contributed by atoms with Crippen LogP contribution in [0.5, 0.6) is 0 Å². The predicted octanol–water partition coefficient (Wildman–Crippen LogP) is 5.65. The summed E-state index contributed by atoms with van der Waals surface area (Å²) in [6.45, 7) is 3.73. The van der Waals surface area contributed by atoms with E-state index < -0.39 is 28.7 Å². The molecule has 1 aromatic heterocycles. The lowest BCUT2D eigenvalue weighted by Gasteiger charge is -2.35. The van der Waals surface area contributed by atoms with Crippen LogP contribution in [0.1, 0.15) is 35.0 Å². The van der Waals surface area contributed by atoms with Gasteiger partial charge < -0.3 is 10.2 Å². The fourth-order valence-electron chi connectivity index (χ4n) is 3.36. The highest BCUT2D eigenvalue weighted by Crippen LogP contribution is 2.37. The molecule has 6 nitrogen and oxygen atoms in total. The summed E-state index contributed by atoms with van der Waals surface area (Å²) in [5.74, 6) is -0.0634. The van der Waals surface area contributed by atoms with Crippen LogP contribution in [0.25, 0.3) is 0 Å². The van der Waals surface area contributed by atoms with Crippen LogP contribution in [0.4, 0.5) is 19.0 Å². The molecule has 0 fully saturated rings. The highest BCUT2D eigenvalue weighted by Gasteiger charge is 2.37. The number of anilines is 1. The van der Waals surface area contributed by atoms with Gasteiger partial charge in [-0.25, -0.2) is 10.5 Å². The molecule has 0 radical (unpaired) electrons.